The molecule has 3 nitrogen and oxygen atoms in total. The lowest BCUT2D eigenvalue weighted by atomic mass is 9.54. The van der Waals surface area contributed by atoms with Crippen LogP contribution < -0.4 is 11.0 Å². The summed E-state index contributed by atoms with van der Waals surface area (Å²) < 4.78 is 8.12. The molecule has 2 aliphatic rings. The summed E-state index contributed by atoms with van der Waals surface area (Å²) >= 11 is 0. The monoisotopic (exact) mass is 259 g/mol. The van der Waals surface area contributed by atoms with Gasteiger partial charge < -0.3 is 9.22 Å². The highest BCUT2D eigenvalue weighted by Crippen LogP contribution is 2.45. The summed E-state index contributed by atoms with van der Waals surface area (Å²) in [5.41, 5.74) is 1.28. The third kappa shape index (κ3) is 2.16. The number of hydrogen-bond donors (Lipinski definition) is 0. The van der Waals surface area contributed by atoms with Crippen LogP contribution in [-0.2, 0) is 4.65 Å². The van der Waals surface area contributed by atoms with E-state index in [-0.39, 0.29) is 23.5 Å². The molecule has 1 aromatic heterocycles. The van der Waals surface area contributed by atoms with Gasteiger partial charge in [-0.1, -0.05) is 19.9 Å². The minimum absolute atomic E-state index is 0.107. The molecule has 102 valence electrons. The van der Waals surface area contributed by atoms with Crippen molar-refractivity contribution in [2.24, 2.45) is 5.41 Å². The highest BCUT2D eigenvalue weighted by atomic mass is 16.5. The molecule has 0 bridgehead atoms. The molecule has 0 N–H and O–H groups in total. The van der Waals surface area contributed by atoms with Crippen LogP contribution in [0.1, 0.15) is 46.6 Å². The summed E-state index contributed by atoms with van der Waals surface area (Å²) in [4.78, 5) is 11.8. The van der Waals surface area contributed by atoms with Gasteiger partial charge in [0.05, 0.1) is 5.60 Å². The lowest BCUT2D eigenvalue weighted by Crippen LogP contribution is -2.37. The van der Waals surface area contributed by atoms with E-state index >= 15 is 0 Å². The van der Waals surface area contributed by atoms with Crippen molar-refractivity contribution in [1.29, 1.82) is 0 Å². The second-order valence-electron chi connectivity index (χ2n) is 7.14. The van der Waals surface area contributed by atoms with Crippen LogP contribution in [0.5, 0.6) is 0 Å². The summed E-state index contributed by atoms with van der Waals surface area (Å²) in [6, 6.07) is 4.05. The Morgan fingerprint density at radius 2 is 1.95 bits per heavy atom. The molecule has 1 aromatic rings. The fourth-order valence-electron chi connectivity index (χ4n) is 2.80. The molecule has 0 aromatic carbocycles. The van der Waals surface area contributed by atoms with Gasteiger partial charge in [-0.05, 0) is 43.9 Å². The van der Waals surface area contributed by atoms with Crippen LogP contribution in [0.4, 0.5) is 0 Å². The van der Waals surface area contributed by atoms with E-state index in [1.807, 2.05) is 16.8 Å². The minimum atomic E-state index is -0.127. The SMILES string of the molecule is CC1(C)CB(c2ccc(=O)n(C3CC3)c2)OC1(C)C. The van der Waals surface area contributed by atoms with Gasteiger partial charge in [-0.3, -0.25) is 4.79 Å². The van der Waals surface area contributed by atoms with Crippen molar-refractivity contribution in [2.45, 2.75) is 58.5 Å². The van der Waals surface area contributed by atoms with Crippen LogP contribution in [0, 0.1) is 5.41 Å². The molecule has 1 saturated carbocycles. The molecule has 3 rings (SSSR count). The first-order chi connectivity index (χ1) is 8.80. The Kier molecular flexibility index (Phi) is 2.72. The molecule has 0 amide bonds. The standard InChI is InChI=1S/C15H22BNO2/c1-14(2)10-16(19-15(14,3)4)11-5-8-13(18)17(9-11)12-6-7-12/h5,8-9,12H,6-7,10H2,1-4H3. The Morgan fingerprint density at radius 1 is 1.26 bits per heavy atom. The van der Waals surface area contributed by atoms with Gasteiger partial charge in [-0.25, -0.2) is 0 Å². The summed E-state index contributed by atoms with van der Waals surface area (Å²) in [7, 11) is 0. The van der Waals surface area contributed by atoms with E-state index in [0.29, 0.717) is 6.04 Å². The van der Waals surface area contributed by atoms with Crippen molar-refractivity contribution >= 4 is 12.4 Å². The molecular formula is C15H22BNO2. The van der Waals surface area contributed by atoms with E-state index in [0.717, 1.165) is 24.6 Å². The third-order valence-corrected chi connectivity index (χ3v) is 5.04. The zero-order chi connectivity index (χ0) is 13.8. The summed E-state index contributed by atoms with van der Waals surface area (Å²) in [6.45, 7) is 8.93. The molecular weight excluding hydrogens is 237 g/mol. The van der Waals surface area contributed by atoms with Crippen LogP contribution in [0.25, 0.3) is 0 Å². The average molecular weight is 259 g/mol. The van der Waals surface area contributed by atoms with E-state index in [9.17, 15) is 4.79 Å². The van der Waals surface area contributed by atoms with Crippen molar-refractivity contribution in [3.8, 4) is 0 Å². The molecule has 0 radical (unpaired) electrons. The minimum Gasteiger partial charge on any atom is -0.425 e. The maximum Gasteiger partial charge on any atom is 0.329 e. The zero-order valence-corrected chi connectivity index (χ0v) is 12.3. The molecule has 2 fully saturated rings. The molecule has 1 aliphatic carbocycles. The quantitative estimate of drug-likeness (QED) is 0.762. The second kappa shape index (κ2) is 3.98. The van der Waals surface area contributed by atoms with Crippen molar-refractivity contribution in [1.82, 2.24) is 4.57 Å². The Labute approximate surface area is 115 Å². The van der Waals surface area contributed by atoms with E-state index in [1.54, 1.807) is 6.07 Å². The van der Waals surface area contributed by atoms with Crippen LogP contribution in [0.15, 0.2) is 23.1 Å². The largest absolute Gasteiger partial charge is 0.425 e. The normalized spacial score (nSPS) is 24.7. The molecule has 0 spiro atoms. The fourth-order valence-corrected chi connectivity index (χ4v) is 2.80. The number of aromatic nitrogens is 1. The van der Waals surface area contributed by atoms with Crippen LogP contribution >= 0.6 is 0 Å². The predicted octanol–water partition coefficient (Wildman–Crippen LogP) is 2.22. The summed E-state index contributed by atoms with van der Waals surface area (Å²) in [5, 5.41) is 0. The van der Waals surface area contributed by atoms with Gasteiger partial charge in [0.15, 0.2) is 0 Å². The van der Waals surface area contributed by atoms with E-state index < -0.39 is 0 Å². The van der Waals surface area contributed by atoms with E-state index in [2.05, 4.69) is 27.7 Å². The number of rotatable bonds is 2. The van der Waals surface area contributed by atoms with Gasteiger partial charge in [0, 0.05) is 18.3 Å². The first kappa shape index (κ1) is 13.0. The Hall–Kier alpha value is -1.03. The molecule has 1 aliphatic heterocycles. The van der Waals surface area contributed by atoms with Gasteiger partial charge in [-0.15, -0.1) is 0 Å². The first-order valence-corrected chi connectivity index (χ1v) is 7.20. The Morgan fingerprint density at radius 3 is 2.47 bits per heavy atom. The fraction of sp³-hybridized carbons (Fsp3) is 0.667. The highest BCUT2D eigenvalue weighted by molar-refractivity contribution is 6.68. The summed E-state index contributed by atoms with van der Waals surface area (Å²) in [5.74, 6) is 0. The summed E-state index contributed by atoms with van der Waals surface area (Å²) in [6.07, 6.45) is 5.28. The molecule has 2 heterocycles. The van der Waals surface area contributed by atoms with Crippen LogP contribution in [0.2, 0.25) is 6.32 Å². The van der Waals surface area contributed by atoms with Gasteiger partial charge in [-0.2, -0.15) is 0 Å². The molecule has 4 heteroatoms. The number of nitrogens with zero attached hydrogens (tertiary/aromatic N) is 1. The third-order valence-electron chi connectivity index (χ3n) is 5.04. The maximum absolute atomic E-state index is 11.8. The van der Waals surface area contributed by atoms with Crippen molar-refractivity contribution in [2.75, 3.05) is 0 Å². The smallest absolute Gasteiger partial charge is 0.329 e. The lowest BCUT2D eigenvalue weighted by Gasteiger charge is -2.34. The van der Waals surface area contributed by atoms with Gasteiger partial charge >= 0.3 is 6.92 Å². The average Bonchev–Trinajstić information content (AvgIpc) is 3.08. The zero-order valence-electron chi connectivity index (χ0n) is 12.3. The highest BCUT2D eigenvalue weighted by Gasteiger charge is 2.50. The first-order valence-electron chi connectivity index (χ1n) is 7.20. The molecule has 0 atom stereocenters. The van der Waals surface area contributed by atoms with Crippen molar-refractivity contribution in [3.05, 3.63) is 28.7 Å². The van der Waals surface area contributed by atoms with Crippen molar-refractivity contribution in [3.63, 3.8) is 0 Å². The van der Waals surface area contributed by atoms with E-state index in [1.165, 1.54) is 0 Å². The molecule has 1 saturated heterocycles. The van der Waals surface area contributed by atoms with Gasteiger partial charge in [0.2, 0.25) is 0 Å². The Balaban J connectivity index is 1.92. The predicted molar refractivity (Wildman–Crippen MR) is 78.1 cm³/mol. The maximum atomic E-state index is 11.8. The van der Waals surface area contributed by atoms with Crippen LogP contribution in [-0.4, -0.2) is 17.1 Å². The van der Waals surface area contributed by atoms with Gasteiger partial charge in [0.1, 0.15) is 0 Å². The number of hydrogen-bond acceptors (Lipinski definition) is 2. The Bertz CT molecular complexity index is 542. The second-order valence-corrected chi connectivity index (χ2v) is 7.14. The topological polar surface area (TPSA) is 31.2 Å². The number of pyridine rings is 1. The van der Waals surface area contributed by atoms with Crippen molar-refractivity contribution < 1.29 is 4.65 Å². The lowest BCUT2D eigenvalue weighted by molar-refractivity contribution is 0.0375. The van der Waals surface area contributed by atoms with Crippen LogP contribution in [0.3, 0.4) is 0 Å². The van der Waals surface area contributed by atoms with Gasteiger partial charge in [0.25, 0.3) is 5.56 Å². The molecule has 19 heavy (non-hydrogen) atoms. The molecule has 0 unspecified atom stereocenters. The van der Waals surface area contributed by atoms with E-state index in [4.69, 9.17) is 4.65 Å².